The van der Waals surface area contributed by atoms with Crippen molar-refractivity contribution in [2.75, 3.05) is 13.1 Å². The molecule has 0 bridgehead atoms. The van der Waals surface area contributed by atoms with E-state index < -0.39 is 0 Å². The molecule has 0 saturated heterocycles. The highest BCUT2D eigenvalue weighted by Crippen LogP contribution is 2.29. The van der Waals surface area contributed by atoms with Crippen LogP contribution in [0, 0.1) is 5.92 Å². The first-order valence-corrected chi connectivity index (χ1v) is 9.61. The van der Waals surface area contributed by atoms with Crippen molar-refractivity contribution in [3.63, 3.8) is 0 Å². The Labute approximate surface area is 145 Å². The predicted octanol–water partition coefficient (Wildman–Crippen LogP) is 1.99. The lowest BCUT2D eigenvalue weighted by Crippen LogP contribution is -2.31. The number of rotatable bonds is 5. The molecule has 2 aromatic heterocycles. The monoisotopic (exact) mass is 345 g/mol. The molecule has 1 aliphatic heterocycles. The highest BCUT2D eigenvalue weighted by molar-refractivity contribution is 7.07. The third kappa shape index (κ3) is 3.37. The van der Waals surface area contributed by atoms with Crippen LogP contribution in [0.15, 0.2) is 16.8 Å². The smallest absolute Gasteiger partial charge is 0.223 e. The normalized spacial score (nSPS) is 19.5. The standard InChI is InChI=1S/C17H23N5OS/c1-12(18-17(23)14-2-3-14)16-20-19-15-4-6-21(7-8-22(15)16)10-13-5-9-24-11-13/h5,9,11-12,14H,2-4,6-8,10H2,1H3,(H,18,23)/t12-/m1/s1. The summed E-state index contributed by atoms with van der Waals surface area (Å²) in [6.07, 6.45) is 2.95. The van der Waals surface area contributed by atoms with E-state index in [1.807, 2.05) is 6.92 Å². The van der Waals surface area contributed by atoms with Gasteiger partial charge in [0.2, 0.25) is 5.91 Å². The number of hydrogen-bond donors (Lipinski definition) is 1. The number of hydrogen-bond acceptors (Lipinski definition) is 5. The predicted molar refractivity (Wildman–Crippen MR) is 92.6 cm³/mol. The van der Waals surface area contributed by atoms with Crippen molar-refractivity contribution < 1.29 is 4.79 Å². The van der Waals surface area contributed by atoms with Crippen LogP contribution in [-0.2, 0) is 24.3 Å². The summed E-state index contributed by atoms with van der Waals surface area (Å²) >= 11 is 1.75. The number of nitrogens with one attached hydrogen (secondary N) is 1. The van der Waals surface area contributed by atoms with Gasteiger partial charge in [-0.15, -0.1) is 10.2 Å². The molecule has 1 fully saturated rings. The van der Waals surface area contributed by atoms with Crippen molar-refractivity contribution in [1.82, 2.24) is 25.0 Å². The number of aromatic nitrogens is 3. The molecule has 24 heavy (non-hydrogen) atoms. The van der Waals surface area contributed by atoms with Gasteiger partial charge in [-0.1, -0.05) is 0 Å². The zero-order valence-electron chi connectivity index (χ0n) is 13.9. The molecule has 0 aromatic carbocycles. The Kier molecular flexibility index (Phi) is 4.37. The molecule has 1 aliphatic carbocycles. The number of amides is 1. The van der Waals surface area contributed by atoms with Crippen molar-refractivity contribution in [2.24, 2.45) is 5.92 Å². The van der Waals surface area contributed by atoms with E-state index in [0.29, 0.717) is 0 Å². The number of thiophene rings is 1. The molecule has 3 heterocycles. The average molecular weight is 345 g/mol. The van der Waals surface area contributed by atoms with E-state index in [4.69, 9.17) is 0 Å². The lowest BCUT2D eigenvalue weighted by atomic mass is 10.2. The van der Waals surface area contributed by atoms with Crippen LogP contribution in [0.25, 0.3) is 0 Å². The van der Waals surface area contributed by atoms with E-state index in [1.54, 1.807) is 11.3 Å². The van der Waals surface area contributed by atoms with E-state index in [-0.39, 0.29) is 17.9 Å². The Balaban J connectivity index is 1.42. The van der Waals surface area contributed by atoms with Crippen LogP contribution in [0.2, 0.25) is 0 Å². The van der Waals surface area contributed by atoms with Gasteiger partial charge in [0.25, 0.3) is 0 Å². The Hall–Kier alpha value is -1.73. The van der Waals surface area contributed by atoms with Gasteiger partial charge < -0.3 is 9.88 Å². The van der Waals surface area contributed by atoms with Gasteiger partial charge in [0.05, 0.1) is 6.04 Å². The molecule has 1 atom stereocenters. The highest BCUT2D eigenvalue weighted by atomic mass is 32.1. The molecule has 1 amide bonds. The van der Waals surface area contributed by atoms with Crippen molar-refractivity contribution in [3.8, 4) is 0 Å². The van der Waals surface area contributed by atoms with E-state index in [0.717, 1.165) is 57.1 Å². The van der Waals surface area contributed by atoms with Crippen LogP contribution in [0.5, 0.6) is 0 Å². The molecule has 6 nitrogen and oxygen atoms in total. The summed E-state index contributed by atoms with van der Waals surface area (Å²) < 4.78 is 2.20. The van der Waals surface area contributed by atoms with Gasteiger partial charge in [-0.2, -0.15) is 11.3 Å². The van der Waals surface area contributed by atoms with Crippen LogP contribution in [0.3, 0.4) is 0 Å². The molecule has 0 radical (unpaired) electrons. The van der Waals surface area contributed by atoms with E-state index in [1.165, 1.54) is 5.56 Å². The van der Waals surface area contributed by atoms with Gasteiger partial charge in [0, 0.05) is 38.5 Å². The van der Waals surface area contributed by atoms with Crippen LogP contribution >= 0.6 is 11.3 Å². The second kappa shape index (κ2) is 6.64. The van der Waals surface area contributed by atoms with Gasteiger partial charge in [-0.3, -0.25) is 9.69 Å². The average Bonchev–Trinajstić information content (AvgIpc) is 3.22. The highest BCUT2D eigenvalue weighted by Gasteiger charge is 2.31. The van der Waals surface area contributed by atoms with E-state index in [9.17, 15) is 4.79 Å². The lowest BCUT2D eigenvalue weighted by molar-refractivity contribution is -0.123. The first kappa shape index (κ1) is 15.8. The Morgan fingerprint density at radius 3 is 3.00 bits per heavy atom. The summed E-state index contributed by atoms with van der Waals surface area (Å²) in [6, 6.07) is 2.11. The van der Waals surface area contributed by atoms with Crippen LogP contribution < -0.4 is 5.32 Å². The van der Waals surface area contributed by atoms with Crippen LogP contribution in [0.1, 0.15) is 43.0 Å². The van der Waals surface area contributed by atoms with Gasteiger partial charge in [-0.05, 0) is 42.2 Å². The molecule has 128 valence electrons. The maximum atomic E-state index is 12.0. The SMILES string of the molecule is C[C@@H](NC(=O)C1CC1)c1nnc2n1CCN(Cc1ccsc1)CC2. The molecule has 1 N–H and O–H groups in total. The third-order valence-electron chi connectivity index (χ3n) is 4.83. The van der Waals surface area contributed by atoms with Gasteiger partial charge in [-0.25, -0.2) is 0 Å². The van der Waals surface area contributed by atoms with Crippen LogP contribution in [-0.4, -0.2) is 38.7 Å². The van der Waals surface area contributed by atoms with Crippen molar-refractivity contribution in [3.05, 3.63) is 34.0 Å². The molecule has 2 aromatic rings. The largest absolute Gasteiger partial charge is 0.346 e. The summed E-state index contributed by atoms with van der Waals surface area (Å²) in [5.74, 6) is 2.30. The Bertz CT molecular complexity index is 707. The molecule has 1 saturated carbocycles. The number of carbonyl (C=O) groups excluding carboxylic acids is 1. The molecule has 7 heteroatoms. The Morgan fingerprint density at radius 1 is 1.38 bits per heavy atom. The fourth-order valence-corrected chi connectivity index (χ4v) is 3.91. The van der Waals surface area contributed by atoms with Crippen LogP contribution in [0.4, 0.5) is 0 Å². The summed E-state index contributed by atoms with van der Waals surface area (Å²) in [4.78, 5) is 14.5. The zero-order chi connectivity index (χ0) is 16.5. The molecule has 0 spiro atoms. The Morgan fingerprint density at radius 2 is 2.25 bits per heavy atom. The van der Waals surface area contributed by atoms with Crippen molar-refractivity contribution >= 4 is 17.2 Å². The lowest BCUT2D eigenvalue weighted by Gasteiger charge is -2.19. The fraction of sp³-hybridized carbons (Fsp3) is 0.588. The molecular weight excluding hydrogens is 322 g/mol. The third-order valence-corrected chi connectivity index (χ3v) is 5.56. The summed E-state index contributed by atoms with van der Waals surface area (Å²) in [6.45, 7) is 5.86. The summed E-state index contributed by atoms with van der Waals surface area (Å²) in [5, 5.41) is 16.2. The fourth-order valence-electron chi connectivity index (χ4n) is 3.25. The van der Waals surface area contributed by atoms with Gasteiger partial charge in [0.15, 0.2) is 5.82 Å². The number of carbonyl (C=O) groups is 1. The second-order valence-electron chi connectivity index (χ2n) is 6.79. The zero-order valence-corrected chi connectivity index (χ0v) is 14.8. The van der Waals surface area contributed by atoms with E-state index >= 15 is 0 Å². The maximum Gasteiger partial charge on any atom is 0.223 e. The van der Waals surface area contributed by atoms with Crippen molar-refractivity contribution in [1.29, 1.82) is 0 Å². The quantitative estimate of drug-likeness (QED) is 0.900. The van der Waals surface area contributed by atoms with Crippen molar-refractivity contribution in [2.45, 2.75) is 45.3 Å². The summed E-state index contributed by atoms with van der Waals surface area (Å²) in [5.41, 5.74) is 1.38. The van der Waals surface area contributed by atoms with Gasteiger partial charge >= 0.3 is 0 Å². The molecule has 0 unspecified atom stereocenters. The minimum absolute atomic E-state index is 0.0808. The van der Waals surface area contributed by atoms with Gasteiger partial charge in [0.1, 0.15) is 5.82 Å². The number of fused-ring (bicyclic) bond motifs is 1. The minimum atomic E-state index is -0.0808. The van der Waals surface area contributed by atoms with E-state index in [2.05, 4.69) is 41.8 Å². The molecule has 2 aliphatic rings. The molecular formula is C17H23N5OS. The first-order chi connectivity index (χ1) is 11.7. The topological polar surface area (TPSA) is 63.1 Å². The minimum Gasteiger partial charge on any atom is -0.346 e. The maximum absolute atomic E-state index is 12.0. The second-order valence-corrected chi connectivity index (χ2v) is 7.57. The number of nitrogens with zero attached hydrogens (tertiary/aromatic N) is 4. The molecule has 4 rings (SSSR count). The first-order valence-electron chi connectivity index (χ1n) is 8.66. The summed E-state index contributed by atoms with van der Waals surface area (Å²) in [7, 11) is 0.